The van der Waals surface area contributed by atoms with E-state index >= 15 is 0 Å². The number of nitro groups is 1. The normalized spacial score (nSPS) is 15.8. The summed E-state index contributed by atoms with van der Waals surface area (Å²) in [5, 5.41) is 12.2. The molecule has 0 aliphatic carbocycles. The molecule has 0 radical (unpaired) electrons. The maximum atomic E-state index is 12.7. The Labute approximate surface area is 190 Å². The van der Waals surface area contributed by atoms with E-state index in [0.717, 1.165) is 11.1 Å². The molecule has 0 aromatic heterocycles. The molecule has 10 heteroatoms. The van der Waals surface area contributed by atoms with Gasteiger partial charge in [-0.25, -0.2) is 0 Å². The van der Waals surface area contributed by atoms with E-state index in [0.29, 0.717) is 36.2 Å². The van der Waals surface area contributed by atoms with Crippen LogP contribution in [0.1, 0.15) is 17.2 Å². The molecule has 31 heavy (non-hydrogen) atoms. The molecule has 3 rings (SSSR count). The van der Waals surface area contributed by atoms with Crippen LogP contribution in [-0.2, 0) is 9.63 Å². The molecule has 166 valence electrons. The zero-order valence-electron chi connectivity index (χ0n) is 17.0. The fourth-order valence-electron chi connectivity index (χ4n) is 3.78. The molecular formula is C21H24Cl2N4O4. The van der Waals surface area contributed by atoms with Crippen LogP contribution in [-0.4, -0.2) is 66.5 Å². The number of hydroxylamine groups is 1. The van der Waals surface area contributed by atoms with Gasteiger partial charge in [0.25, 0.3) is 0 Å². The van der Waals surface area contributed by atoms with Crippen molar-refractivity contribution in [2.75, 3.05) is 39.8 Å². The van der Waals surface area contributed by atoms with Crippen LogP contribution in [0.5, 0.6) is 0 Å². The summed E-state index contributed by atoms with van der Waals surface area (Å²) in [6, 6.07) is 14.4. The minimum Gasteiger partial charge on any atom is -0.338 e. The maximum absolute atomic E-state index is 12.7. The fraction of sp³-hybridized carbons (Fsp3) is 0.381. The zero-order chi connectivity index (χ0) is 22.4. The van der Waals surface area contributed by atoms with Gasteiger partial charge in [0, 0.05) is 41.1 Å². The number of hydrogen-bond donors (Lipinski definition) is 1. The summed E-state index contributed by atoms with van der Waals surface area (Å²) in [6.45, 7) is 1.59. The van der Waals surface area contributed by atoms with Crippen molar-refractivity contribution in [3.63, 3.8) is 0 Å². The minimum absolute atomic E-state index is 0.0292. The lowest BCUT2D eigenvalue weighted by Crippen LogP contribution is -2.56. The summed E-state index contributed by atoms with van der Waals surface area (Å²) in [7, 11) is 1.33. The number of amides is 1. The molecule has 2 aromatic rings. The molecule has 2 aromatic carbocycles. The van der Waals surface area contributed by atoms with Crippen LogP contribution in [0.4, 0.5) is 0 Å². The summed E-state index contributed by atoms with van der Waals surface area (Å²) < 4.78 is 0. The molecule has 1 atom stereocenters. The van der Waals surface area contributed by atoms with E-state index < -0.39 is 17.5 Å². The fourth-order valence-corrected chi connectivity index (χ4v) is 4.03. The summed E-state index contributed by atoms with van der Waals surface area (Å²) in [5.41, 5.74) is 4.60. The number of hydrogen-bond acceptors (Lipinski definition) is 6. The number of nitrogens with zero attached hydrogens (tertiary/aromatic N) is 3. The summed E-state index contributed by atoms with van der Waals surface area (Å²) in [6.07, 6.45) is 0. The maximum Gasteiger partial charge on any atom is 0.248 e. The van der Waals surface area contributed by atoms with E-state index in [1.807, 2.05) is 48.5 Å². The highest BCUT2D eigenvalue weighted by atomic mass is 35.5. The van der Waals surface area contributed by atoms with Gasteiger partial charge < -0.3 is 9.74 Å². The van der Waals surface area contributed by atoms with Crippen molar-refractivity contribution < 1.29 is 14.6 Å². The molecule has 1 aliphatic heterocycles. The molecule has 1 aliphatic rings. The molecule has 1 saturated heterocycles. The van der Waals surface area contributed by atoms with Crippen LogP contribution < -0.4 is 5.48 Å². The van der Waals surface area contributed by atoms with Crippen LogP contribution in [0.2, 0.25) is 10.0 Å². The average Bonchev–Trinajstić information content (AvgIpc) is 2.76. The third-order valence-corrected chi connectivity index (χ3v) is 5.76. The molecule has 1 heterocycles. The quantitative estimate of drug-likeness (QED) is 0.475. The smallest absolute Gasteiger partial charge is 0.248 e. The first-order valence-electron chi connectivity index (χ1n) is 9.83. The molecular weight excluding hydrogens is 443 g/mol. The van der Waals surface area contributed by atoms with Gasteiger partial charge in [-0.1, -0.05) is 47.5 Å². The van der Waals surface area contributed by atoms with Crippen LogP contribution in [0.25, 0.3) is 0 Å². The van der Waals surface area contributed by atoms with Crippen molar-refractivity contribution in [1.29, 1.82) is 0 Å². The number of rotatable bonds is 8. The van der Waals surface area contributed by atoms with Gasteiger partial charge in [0.1, 0.15) is 0 Å². The predicted octanol–water partition coefficient (Wildman–Crippen LogP) is 3.02. The topological polar surface area (TPSA) is 87.9 Å². The highest BCUT2D eigenvalue weighted by molar-refractivity contribution is 6.30. The lowest BCUT2D eigenvalue weighted by molar-refractivity contribution is -0.483. The SMILES string of the molecule is CONC(C[N+](=O)[O-])C(=O)N1CCN(C(c2ccc(Cl)cc2)c2ccc(Cl)cc2)CC1. The van der Waals surface area contributed by atoms with Crippen LogP contribution >= 0.6 is 23.2 Å². The van der Waals surface area contributed by atoms with Crippen molar-refractivity contribution in [2.24, 2.45) is 0 Å². The van der Waals surface area contributed by atoms with Crippen LogP contribution in [0.15, 0.2) is 48.5 Å². The second-order valence-electron chi connectivity index (χ2n) is 7.26. The Kier molecular flexibility index (Phi) is 8.22. The lowest BCUT2D eigenvalue weighted by Gasteiger charge is -2.40. The first-order chi connectivity index (χ1) is 14.9. The number of piperazine rings is 1. The Bertz CT molecular complexity index is 842. The van der Waals surface area contributed by atoms with Crippen molar-refractivity contribution in [3.8, 4) is 0 Å². The van der Waals surface area contributed by atoms with Crippen molar-refractivity contribution in [3.05, 3.63) is 79.8 Å². The van der Waals surface area contributed by atoms with E-state index in [1.165, 1.54) is 7.11 Å². The molecule has 0 saturated carbocycles. The number of carbonyl (C=O) groups is 1. The van der Waals surface area contributed by atoms with E-state index in [9.17, 15) is 14.9 Å². The second-order valence-corrected chi connectivity index (χ2v) is 8.13. The van der Waals surface area contributed by atoms with Gasteiger partial charge >= 0.3 is 0 Å². The van der Waals surface area contributed by atoms with Gasteiger partial charge in [0.2, 0.25) is 12.5 Å². The summed E-state index contributed by atoms with van der Waals surface area (Å²) >= 11 is 12.1. The predicted molar refractivity (Wildman–Crippen MR) is 119 cm³/mol. The standard InChI is InChI=1S/C21H24Cl2N4O4/c1-31-24-19(14-27(29)30)21(28)26-12-10-25(11-13-26)20(15-2-6-17(22)7-3-15)16-4-8-18(23)9-5-16/h2-9,19-20,24H,10-14H2,1H3. The van der Waals surface area contributed by atoms with Gasteiger partial charge in [-0.2, -0.15) is 5.48 Å². The number of benzene rings is 2. The van der Waals surface area contributed by atoms with Gasteiger partial charge in [0.05, 0.1) is 13.2 Å². The molecule has 1 unspecified atom stereocenters. The molecule has 1 amide bonds. The number of nitrogens with one attached hydrogen (secondary N) is 1. The summed E-state index contributed by atoms with van der Waals surface area (Å²) in [5.74, 6) is -0.340. The monoisotopic (exact) mass is 466 g/mol. The molecule has 8 nitrogen and oxygen atoms in total. The Morgan fingerprint density at radius 3 is 1.94 bits per heavy atom. The van der Waals surface area contributed by atoms with Crippen molar-refractivity contribution in [2.45, 2.75) is 12.1 Å². The van der Waals surface area contributed by atoms with E-state index in [4.69, 9.17) is 28.0 Å². The second kappa shape index (κ2) is 10.9. The first-order valence-corrected chi connectivity index (χ1v) is 10.6. The third-order valence-electron chi connectivity index (χ3n) is 5.25. The minimum atomic E-state index is -1.02. The molecule has 0 bridgehead atoms. The third kappa shape index (κ3) is 6.15. The van der Waals surface area contributed by atoms with E-state index in [2.05, 4.69) is 10.4 Å². The molecule has 1 fully saturated rings. The highest BCUT2D eigenvalue weighted by Gasteiger charge is 2.33. The highest BCUT2D eigenvalue weighted by Crippen LogP contribution is 2.31. The largest absolute Gasteiger partial charge is 0.338 e. The van der Waals surface area contributed by atoms with Crippen molar-refractivity contribution >= 4 is 29.1 Å². The van der Waals surface area contributed by atoms with Crippen LogP contribution in [0, 0.1) is 10.1 Å². The molecule has 1 N–H and O–H groups in total. The van der Waals surface area contributed by atoms with Crippen molar-refractivity contribution in [1.82, 2.24) is 15.3 Å². The van der Waals surface area contributed by atoms with Crippen LogP contribution in [0.3, 0.4) is 0 Å². The van der Waals surface area contributed by atoms with Gasteiger partial charge in [-0.15, -0.1) is 0 Å². The average molecular weight is 467 g/mol. The first kappa shape index (κ1) is 23.4. The lowest BCUT2D eigenvalue weighted by atomic mass is 9.96. The Morgan fingerprint density at radius 2 is 1.52 bits per heavy atom. The van der Waals surface area contributed by atoms with E-state index in [1.54, 1.807) is 4.90 Å². The number of halogens is 2. The Morgan fingerprint density at radius 1 is 1.03 bits per heavy atom. The van der Waals surface area contributed by atoms with E-state index in [-0.39, 0.29) is 11.9 Å². The summed E-state index contributed by atoms with van der Waals surface area (Å²) in [4.78, 5) is 31.8. The van der Waals surface area contributed by atoms with Gasteiger partial charge in [-0.05, 0) is 35.4 Å². The number of carbonyl (C=O) groups excluding carboxylic acids is 1. The Hall–Kier alpha value is -2.23. The van der Waals surface area contributed by atoms with Gasteiger partial charge in [0.15, 0.2) is 6.04 Å². The zero-order valence-corrected chi connectivity index (χ0v) is 18.6. The Balaban J connectivity index is 1.76. The molecule has 0 spiro atoms. The van der Waals surface area contributed by atoms with Gasteiger partial charge in [-0.3, -0.25) is 19.8 Å².